The first-order chi connectivity index (χ1) is 11.1. The number of halogens is 2. The van der Waals surface area contributed by atoms with Gasteiger partial charge in [0.25, 0.3) is 0 Å². The fourth-order valence-corrected chi connectivity index (χ4v) is 3.19. The zero-order valence-corrected chi connectivity index (χ0v) is 13.7. The Hall–Kier alpha value is -1.21. The number of nitrogens with one attached hydrogen (secondary N) is 1. The van der Waals surface area contributed by atoms with Crippen molar-refractivity contribution in [2.45, 2.75) is 19.8 Å². The molecule has 0 aromatic heterocycles. The molecule has 2 aliphatic rings. The largest absolute Gasteiger partial charge is 0.356 e. The molecule has 23 heavy (non-hydrogen) atoms. The highest BCUT2D eigenvalue weighted by molar-refractivity contribution is 6.32. The maximum absolute atomic E-state index is 14.1. The second-order valence-corrected chi connectivity index (χ2v) is 6.17. The van der Waals surface area contributed by atoms with E-state index in [4.69, 9.17) is 21.1 Å². The molecule has 1 amide bonds. The van der Waals surface area contributed by atoms with E-state index < -0.39 is 6.29 Å². The van der Waals surface area contributed by atoms with Gasteiger partial charge in [-0.3, -0.25) is 9.69 Å². The van der Waals surface area contributed by atoms with Crippen LogP contribution in [0.15, 0.2) is 12.1 Å². The Kier molecular flexibility index (Phi) is 5.16. The second-order valence-electron chi connectivity index (χ2n) is 5.79. The van der Waals surface area contributed by atoms with Crippen LogP contribution in [0.2, 0.25) is 5.02 Å². The average Bonchev–Trinajstić information content (AvgIpc) is 2.99. The molecular weight excluding hydrogens is 323 g/mol. The minimum Gasteiger partial charge on any atom is -0.356 e. The molecule has 2 heterocycles. The van der Waals surface area contributed by atoms with Gasteiger partial charge in [0.1, 0.15) is 5.82 Å². The van der Waals surface area contributed by atoms with Crippen LogP contribution < -0.4 is 5.32 Å². The van der Waals surface area contributed by atoms with E-state index in [-0.39, 0.29) is 17.6 Å². The molecule has 0 aliphatic carbocycles. The van der Waals surface area contributed by atoms with Crippen LogP contribution in [0.5, 0.6) is 0 Å². The zero-order chi connectivity index (χ0) is 16.4. The lowest BCUT2D eigenvalue weighted by Crippen LogP contribution is -2.53. The second kappa shape index (κ2) is 7.13. The van der Waals surface area contributed by atoms with Crippen molar-refractivity contribution >= 4 is 17.5 Å². The van der Waals surface area contributed by atoms with Crippen LogP contribution in [0.1, 0.15) is 24.3 Å². The van der Waals surface area contributed by atoms with E-state index in [1.807, 2.05) is 11.8 Å². The molecule has 0 saturated carbocycles. The number of hydrogen-bond donors (Lipinski definition) is 1. The van der Waals surface area contributed by atoms with Gasteiger partial charge in [-0.15, -0.1) is 0 Å². The van der Waals surface area contributed by atoms with Crippen molar-refractivity contribution in [3.05, 3.63) is 34.1 Å². The number of ether oxygens (including phenoxy) is 2. The summed E-state index contributed by atoms with van der Waals surface area (Å²) in [4.78, 5) is 13.7. The van der Waals surface area contributed by atoms with E-state index in [2.05, 4.69) is 5.32 Å². The summed E-state index contributed by atoms with van der Waals surface area (Å²) in [6.07, 6.45) is -0.527. The number of nitrogens with zero attached hydrogens (tertiary/aromatic N) is 1. The third-order valence-corrected chi connectivity index (χ3v) is 4.60. The molecular formula is C16H20ClFN2O3. The molecule has 0 spiro atoms. The first-order valence-corrected chi connectivity index (χ1v) is 8.18. The van der Waals surface area contributed by atoms with E-state index in [0.29, 0.717) is 55.5 Å². The van der Waals surface area contributed by atoms with E-state index in [1.54, 1.807) is 6.07 Å². The van der Waals surface area contributed by atoms with Gasteiger partial charge in [0, 0.05) is 37.3 Å². The summed E-state index contributed by atoms with van der Waals surface area (Å²) in [5, 5.41) is 3.15. The molecule has 3 rings (SSSR count). The first kappa shape index (κ1) is 16.6. The normalized spacial score (nSPS) is 19.8. The lowest BCUT2D eigenvalue weighted by Gasteiger charge is -2.38. The number of hydrogen-bond acceptors (Lipinski definition) is 4. The number of likely N-dealkylation sites (tertiary alicyclic amines) is 1. The van der Waals surface area contributed by atoms with E-state index in [0.717, 1.165) is 0 Å². The predicted molar refractivity (Wildman–Crippen MR) is 83.5 cm³/mol. The summed E-state index contributed by atoms with van der Waals surface area (Å²) in [6, 6.07) is 2.99. The van der Waals surface area contributed by atoms with Crippen molar-refractivity contribution < 1.29 is 18.7 Å². The summed E-state index contributed by atoms with van der Waals surface area (Å²) in [6.45, 7) is 5.13. The Bertz CT molecular complexity index is 587. The summed E-state index contributed by atoms with van der Waals surface area (Å²) in [5.41, 5.74) is 1.08. The van der Waals surface area contributed by atoms with Crippen molar-refractivity contribution in [2.75, 3.05) is 32.8 Å². The van der Waals surface area contributed by atoms with Crippen molar-refractivity contribution in [1.29, 1.82) is 0 Å². The molecule has 0 radical (unpaired) electrons. The highest BCUT2D eigenvalue weighted by Gasteiger charge is 2.33. The molecule has 1 aromatic carbocycles. The predicted octanol–water partition coefficient (Wildman–Crippen LogP) is 2.09. The first-order valence-electron chi connectivity index (χ1n) is 7.80. The van der Waals surface area contributed by atoms with Gasteiger partial charge in [0.05, 0.1) is 24.2 Å². The Morgan fingerprint density at radius 1 is 1.39 bits per heavy atom. The van der Waals surface area contributed by atoms with Crippen LogP contribution in [0.25, 0.3) is 0 Å². The molecule has 1 aromatic rings. The summed E-state index contributed by atoms with van der Waals surface area (Å²) >= 11 is 6.36. The van der Waals surface area contributed by atoms with Crippen molar-refractivity contribution in [1.82, 2.24) is 10.2 Å². The highest BCUT2D eigenvalue weighted by Crippen LogP contribution is 2.34. The van der Waals surface area contributed by atoms with Crippen LogP contribution in [0, 0.1) is 11.7 Å². The third-order valence-electron chi connectivity index (χ3n) is 4.15. The summed E-state index contributed by atoms with van der Waals surface area (Å²) < 4.78 is 25.0. The van der Waals surface area contributed by atoms with Crippen molar-refractivity contribution in [3.8, 4) is 0 Å². The SMILES string of the molecule is CCNC(=O)C1CN(Cc2c(F)ccc(C3OCCO3)c2Cl)C1. The number of rotatable bonds is 5. The Labute approximate surface area is 139 Å². The van der Waals surface area contributed by atoms with E-state index in [1.165, 1.54) is 6.07 Å². The van der Waals surface area contributed by atoms with Crippen molar-refractivity contribution in [3.63, 3.8) is 0 Å². The smallest absolute Gasteiger partial charge is 0.225 e. The van der Waals surface area contributed by atoms with Crippen LogP contribution in [-0.4, -0.2) is 43.7 Å². The number of amides is 1. The summed E-state index contributed by atoms with van der Waals surface area (Å²) in [7, 11) is 0. The number of carbonyl (C=O) groups is 1. The quantitative estimate of drug-likeness (QED) is 0.890. The molecule has 0 unspecified atom stereocenters. The topological polar surface area (TPSA) is 50.8 Å². The van der Waals surface area contributed by atoms with Gasteiger partial charge in [-0.25, -0.2) is 4.39 Å². The fraction of sp³-hybridized carbons (Fsp3) is 0.562. The lowest BCUT2D eigenvalue weighted by atomic mass is 9.97. The average molecular weight is 343 g/mol. The third kappa shape index (κ3) is 3.50. The monoisotopic (exact) mass is 342 g/mol. The van der Waals surface area contributed by atoms with E-state index >= 15 is 0 Å². The van der Waals surface area contributed by atoms with Gasteiger partial charge in [0.2, 0.25) is 5.91 Å². The number of benzene rings is 1. The molecule has 2 fully saturated rings. The highest BCUT2D eigenvalue weighted by atomic mass is 35.5. The molecule has 126 valence electrons. The molecule has 0 atom stereocenters. The zero-order valence-electron chi connectivity index (χ0n) is 13.0. The van der Waals surface area contributed by atoms with E-state index in [9.17, 15) is 9.18 Å². The Balaban J connectivity index is 1.66. The minimum atomic E-state index is -0.527. The van der Waals surface area contributed by atoms with Crippen molar-refractivity contribution in [2.24, 2.45) is 5.92 Å². The summed E-state index contributed by atoms with van der Waals surface area (Å²) in [5.74, 6) is -0.323. The van der Waals surface area contributed by atoms with Gasteiger partial charge < -0.3 is 14.8 Å². The van der Waals surface area contributed by atoms with Crippen LogP contribution in [0.3, 0.4) is 0 Å². The Morgan fingerprint density at radius 2 is 2.09 bits per heavy atom. The fourth-order valence-electron chi connectivity index (χ4n) is 2.89. The lowest BCUT2D eigenvalue weighted by molar-refractivity contribution is -0.130. The van der Waals surface area contributed by atoms with Crippen LogP contribution >= 0.6 is 11.6 Å². The van der Waals surface area contributed by atoms with Gasteiger partial charge in [-0.1, -0.05) is 11.6 Å². The maximum Gasteiger partial charge on any atom is 0.225 e. The minimum absolute atomic E-state index is 0.0264. The molecule has 2 saturated heterocycles. The van der Waals surface area contributed by atoms with Crippen LogP contribution in [0.4, 0.5) is 4.39 Å². The van der Waals surface area contributed by atoms with Gasteiger partial charge in [-0.05, 0) is 19.1 Å². The molecule has 5 nitrogen and oxygen atoms in total. The van der Waals surface area contributed by atoms with Gasteiger partial charge >= 0.3 is 0 Å². The maximum atomic E-state index is 14.1. The molecule has 1 N–H and O–H groups in total. The molecule has 2 aliphatic heterocycles. The van der Waals surface area contributed by atoms with Crippen LogP contribution in [-0.2, 0) is 20.8 Å². The van der Waals surface area contributed by atoms with Gasteiger partial charge in [0.15, 0.2) is 6.29 Å². The Morgan fingerprint density at radius 3 is 2.74 bits per heavy atom. The standard InChI is InChI=1S/C16H20ClFN2O3/c1-2-19-15(21)10-7-20(8-10)9-12-13(18)4-3-11(14(12)17)16-22-5-6-23-16/h3-4,10,16H,2,5-9H2,1H3,(H,19,21). The van der Waals surface area contributed by atoms with Gasteiger partial charge in [-0.2, -0.15) is 0 Å². The molecule has 7 heteroatoms. The molecule has 0 bridgehead atoms. The number of carbonyl (C=O) groups excluding carboxylic acids is 1.